The van der Waals surface area contributed by atoms with Crippen molar-refractivity contribution < 1.29 is 5.11 Å². The molecule has 0 spiro atoms. The van der Waals surface area contributed by atoms with E-state index in [2.05, 4.69) is 42.2 Å². The molecule has 0 amide bonds. The molecule has 2 unspecified atom stereocenters. The van der Waals surface area contributed by atoms with Crippen LogP contribution in [0.25, 0.3) is 0 Å². The van der Waals surface area contributed by atoms with Gasteiger partial charge in [-0.1, -0.05) is 60.7 Å². The fourth-order valence-corrected chi connectivity index (χ4v) is 3.35. The van der Waals surface area contributed by atoms with Crippen molar-refractivity contribution in [2.45, 2.75) is 31.4 Å². The van der Waals surface area contributed by atoms with Crippen LogP contribution in [-0.4, -0.2) is 29.1 Å². The van der Waals surface area contributed by atoms with Gasteiger partial charge in [0.25, 0.3) is 0 Å². The Bertz CT molecular complexity index is 569. The molecule has 3 rings (SSSR count). The molecule has 21 heavy (non-hydrogen) atoms. The molecule has 1 aliphatic heterocycles. The minimum absolute atomic E-state index is 0.156. The van der Waals surface area contributed by atoms with E-state index in [0.29, 0.717) is 0 Å². The second-order valence-electron chi connectivity index (χ2n) is 5.99. The predicted octanol–water partition coefficient (Wildman–Crippen LogP) is 3.21. The van der Waals surface area contributed by atoms with E-state index in [-0.39, 0.29) is 6.04 Å². The molecule has 1 aliphatic rings. The maximum absolute atomic E-state index is 11.1. The lowest BCUT2D eigenvalue weighted by Crippen LogP contribution is -2.41. The van der Waals surface area contributed by atoms with Crippen molar-refractivity contribution >= 4 is 0 Å². The molecule has 0 saturated carbocycles. The minimum Gasteiger partial charge on any atom is -0.383 e. The number of hydrogen-bond donors (Lipinski definition) is 1. The first-order chi connectivity index (χ1) is 10.2. The Morgan fingerprint density at radius 2 is 1.67 bits per heavy atom. The number of benzene rings is 2. The van der Waals surface area contributed by atoms with Gasteiger partial charge in [-0.05, 0) is 30.9 Å². The summed E-state index contributed by atoms with van der Waals surface area (Å²) in [5.41, 5.74) is 1.69. The molecule has 2 aromatic rings. The van der Waals surface area contributed by atoms with Gasteiger partial charge in [-0.25, -0.2) is 0 Å². The lowest BCUT2D eigenvalue weighted by atomic mass is 9.87. The lowest BCUT2D eigenvalue weighted by molar-refractivity contribution is 0.00647. The Morgan fingerprint density at radius 3 is 2.33 bits per heavy atom. The van der Waals surface area contributed by atoms with Crippen molar-refractivity contribution in [3.8, 4) is 0 Å². The number of likely N-dealkylation sites (tertiary alicyclic amines) is 1. The Labute approximate surface area is 127 Å². The quantitative estimate of drug-likeness (QED) is 0.930. The molecule has 1 heterocycles. The second-order valence-corrected chi connectivity index (χ2v) is 5.99. The van der Waals surface area contributed by atoms with Crippen LogP contribution >= 0.6 is 0 Å². The van der Waals surface area contributed by atoms with Crippen molar-refractivity contribution in [1.29, 1.82) is 0 Å². The minimum atomic E-state index is -0.710. The van der Waals surface area contributed by atoms with E-state index in [0.717, 1.165) is 31.5 Å². The molecular weight excluding hydrogens is 258 g/mol. The molecule has 0 radical (unpaired) electrons. The molecule has 1 fully saturated rings. The fourth-order valence-electron chi connectivity index (χ4n) is 3.35. The smallest absolute Gasteiger partial charge is 0.106 e. The highest BCUT2D eigenvalue weighted by molar-refractivity contribution is 5.26. The van der Waals surface area contributed by atoms with Gasteiger partial charge in [-0.15, -0.1) is 0 Å². The summed E-state index contributed by atoms with van der Waals surface area (Å²) in [6, 6.07) is 20.8. The van der Waals surface area contributed by atoms with Crippen LogP contribution in [0.15, 0.2) is 60.7 Å². The summed E-state index contributed by atoms with van der Waals surface area (Å²) in [7, 11) is 0. The molecule has 2 nitrogen and oxygen atoms in total. The van der Waals surface area contributed by atoms with Crippen LogP contribution in [0.1, 0.15) is 24.5 Å². The topological polar surface area (TPSA) is 23.5 Å². The summed E-state index contributed by atoms with van der Waals surface area (Å²) >= 11 is 0. The van der Waals surface area contributed by atoms with Crippen LogP contribution < -0.4 is 0 Å². The van der Waals surface area contributed by atoms with Crippen molar-refractivity contribution in [2.75, 3.05) is 13.1 Å². The first kappa shape index (κ1) is 14.3. The number of hydrogen-bond acceptors (Lipinski definition) is 2. The van der Waals surface area contributed by atoms with Gasteiger partial charge in [0.15, 0.2) is 0 Å². The Hall–Kier alpha value is -1.64. The molecule has 2 aromatic carbocycles. The molecular formula is C19H23NO. The first-order valence-electron chi connectivity index (χ1n) is 7.76. The average molecular weight is 281 g/mol. The summed E-state index contributed by atoms with van der Waals surface area (Å²) in [5, 5.41) is 11.1. The molecule has 0 aromatic heterocycles. The van der Waals surface area contributed by atoms with Gasteiger partial charge in [0.1, 0.15) is 5.60 Å². The van der Waals surface area contributed by atoms with Crippen molar-refractivity contribution in [3.05, 3.63) is 71.8 Å². The SMILES string of the molecule is CC1N(CCc2ccccc2)CCC1(O)c1ccccc1. The monoisotopic (exact) mass is 281 g/mol. The van der Waals surface area contributed by atoms with Crippen LogP contribution in [0.4, 0.5) is 0 Å². The molecule has 0 bridgehead atoms. The van der Waals surface area contributed by atoms with Gasteiger partial charge < -0.3 is 5.11 Å². The molecule has 2 heteroatoms. The predicted molar refractivity (Wildman–Crippen MR) is 86.1 cm³/mol. The summed E-state index contributed by atoms with van der Waals surface area (Å²) in [6.07, 6.45) is 1.85. The standard InChI is InChI=1S/C19H23NO/c1-16-19(21,18-10-6-3-7-11-18)13-15-20(16)14-12-17-8-4-2-5-9-17/h2-11,16,21H,12-15H2,1H3. The molecule has 1 N–H and O–H groups in total. The Kier molecular flexibility index (Phi) is 4.09. The zero-order valence-electron chi connectivity index (χ0n) is 12.6. The molecule has 110 valence electrons. The van der Waals surface area contributed by atoms with Gasteiger partial charge in [0, 0.05) is 19.1 Å². The van der Waals surface area contributed by atoms with Crippen LogP contribution in [-0.2, 0) is 12.0 Å². The first-order valence-corrected chi connectivity index (χ1v) is 7.76. The number of rotatable bonds is 4. The maximum Gasteiger partial charge on any atom is 0.106 e. The van der Waals surface area contributed by atoms with Gasteiger partial charge >= 0.3 is 0 Å². The highest BCUT2D eigenvalue weighted by Gasteiger charge is 2.44. The van der Waals surface area contributed by atoms with Crippen LogP contribution in [0, 0.1) is 0 Å². The zero-order chi connectivity index (χ0) is 14.7. The van der Waals surface area contributed by atoms with Gasteiger partial charge in [0.2, 0.25) is 0 Å². The third-order valence-corrected chi connectivity index (χ3v) is 4.82. The normalized spacial score (nSPS) is 26.1. The lowest BCUT2D eigenvalue weighted by Gasteiger charge is -2.32. The van der Waals surface area contributed by atoms with Crippen molar-refractivity contribution in [1.82, 2.24) is 4.90 Å². The Balaban J connectivity index is 1.68. The molecule has 2 atom stereocenters. The van der Waals surface area contributed by atoms with Crippen LogP contribution in [0.3, 0.4) is 0 Å². The fraction of sp³-hybridized carbons (Fsp3) is 0.368. The van der Waals surface area contributed by atoms with E-state index < -0.39 is 5.60 Å². The van der Waals surface area contributed by atoms with E-state index in [9.17, 15) is 5.11 Å². The third-order valence-electron chi connectivity index (χ3n) is 4.82. The zero-order valence-corrected chi connectivity index (χ0v) is 12.6. The third kappa shape index (κ3) is 2.87. The average Bonchev–Trinajstić information content (AvgIpc) is 2.84. The molecule has 1 saturated heterocycles. The summed E-state index contributed by atoms with van der Waals surface area (Å²) in [6.45, 7) is 4.10. The summed E-state index contributed by atoms with van der Waals surface area (Å²) in [5.74, 6) is 0. The molecule has 0 aliphatic carbocycles. The van der Waals surface area contributed by atoms with Crippen molar-refractivity contribution in [2.24, 2.45) is 0 Å². The number of nitrogens with zero attached hydrogens (tertiary/aromatic N) is 1. The Morgan fingerprint density at radius 1 is 1.05 bits per heavy atom. The van der Waals surface area contributed by atoms with E-state index in [1.54, 1.807) is 0 Å². The summed E-state index contributed by atoms with van der Waals surface area (Å²) in [4.78, 5) is 2.40. The van der Waals surface area contributed by atoms with E-state index in [4.69, 9.17) is 0 Å². The van der Waals surface area contributed by atoms with E-state index in [1.165, 1.54) is 5.56 Å². The van der Waals surface area contributed by atoms with Crippen LogP contribution in [0.2, 0.25) is 0 Å². The largest absolute Gasteiger partial charge is 0.383 e. The van der Waals surface area contributed by atoms with Gasteiger partial charge in [-0.2, -0.15) is 0 Å². The van der Waals surface area contributed by atoms with Crippen molar-refractivity contribution in [3.63, 3.8) is 0 Å². The maximum atomic E-state index is 11.1. The highest BCUT2D eigenvalue weighted by Crippen LogP contribution is 2.37. The summed E-state index contributed by atoms with van der Waals surface area (Å²) < 4.78 is 0. The van der Waals surface area contributed by atoms with E-state index >= 15 is 0 Å². The van der Waals surface area contributed by atoms with Gasteiger partial charge in [0.05, 0.1) is 0 Å². The van der Waals surface area contributed by atoms with E-state index in [1.807, 2.05) is 30.3 Å². The second kappa shape index (κ2) is 6.00. The van der Waals surface area contributed by atoms with Crippen LogP contribution in [0.5, 0.6) is 0 Å². The number of aliphatic hydroxyl groups is 1. The highest BCUT2D eigenvalue weighted by atomic mass is 16.3. The van der Waals surface area contributed by atoms with Gasteiger partial charge in [-0.3, -0.25) is 4.90 Å².